The summed E-state index contributed by atoms with van der Waals surface area (Å²) in [5.41, 5.74) is 0. The third kappa shape index (κ3) is 6.57. The second-order valence-electron chi connectivity index (χ2n) is 1.51. The van der Waals surface area contributed by atoms with Crippen LogP contribution in [0.25, 0.3) is 0 Å². The molecule has 0 saturated carbocycles. The summed E-state index contributed by atoms with van der Waals surface area (Å²) in [6, 6.07) is 0. The Bertz CT molecular complexity index is 77.0. The quantitative estimate of drug-likeness (QED) is 0.464. The van der Waals surface area contributed by atoms with Crippen molar-refractivity contribution in [2.45, 2.75) is 13.1 Å². The van der Waals surface area contributed by atoms with Crippen molar-refractivity contribution in [3.63, 3.8) is 0 Å². The molecule has 10 heavy (non-hydrogen) atoms. The van der Waals surface area contributed by atoms with E-state index in [4.69, 9.17) is 14.4 Å². The Morgan fingerprint density at radius 3 is 1.40 bits per heavy atom. The first-order chi connectivity index (χ1) is 4.52. The van der Waals surface area contributed by atoms with Crippen molar-refractivity contribution in [2.75, 3.05) is 0 Å². The van der Waals surface area contributed by atoms with E-state index in [9.17, 15) is 0 Å². The standard InChI is InChI=1S/C2H9O5Si3/c1-8(3)6-10(5)7-9(2)4/h3-5H,1-2H3. The maximum Gasteiger partial charge on any atom is 0.555 e. The molecule has 59 valence electrons. The van der Waals surface area contributed by atoms with Crippen LogP contribution in [0.1, 0.15) is 0 Å². The number of hydrogen-bond acceptors (Lipinski definition) is 5. The van der Waals surface area contributed by atoms with E-state index in [2.05, 4.69) is 8.23 Å². The largest absolute Gasteiger partial charge is 0.555 e. The van der Waals surface area contributed by atoms with Gasteiger partial charge in [-0.05, 0) is 13.1 Å². The van der Waals surface area contributed by atoms with Gasteiger partial charge >= 0.3 is 28.1 Å². The predicted molar refractivity (Wildman–Crippen MR) is 37.8 cm³/mol. The van der Waals surface area contributed by atoms with E-state index in [0.717, 1.165) is 0 Å². The molecule has 0 aromatic heterocycles. The van der Waals surface area contributed by atoms with Crippen LogP contribution in [0.2, 0.25) is 13.1 Å². The minimum atomic E-state index is -2.40. The Labute approximate surface area is 64.5 Å². The fourth-order valence-corrected chi connectivity index (χ4v) is 2.84. The Morgan fingerprint density at radius 1 is 0.900 bits per heavy atom. The highest BCUT2D eigenvalue weighted by Gasteiger charge is 2.21. The van der Waals surface area contributed by atoms with Crippen molar-refractivity contribution in [3.05, 3.63) is 0 Å². The van der Waals surface area contributed by atoms with E-state index < -0.39 is 28.1 Å². The van der Waals surface area contributed by atoms with Gasteiger partial charge in [0.2, 0.25) is 0 Å². The van der Waals surface area contributed by atoms with Gasteiger partial charge in [0.1, 0.15) is 0 Å². The molecule has 0 unspecified atom stereocenters. The van der Waals surface area contributed by atoms with Gasteiger partial charge < -0.3 is 22.6 Å². The predicted octanol–water partition coefficient (Wildman–Crippen LogP) is -1.78. The molecule has 0 rings (SSSR count). The zero-order chi connectivity index (χ0) is 8.15. The van der Waals surface area contributed by atoms with E-state index in [-0.39, 0.29) is 0 Å². The fourth-order valence-electron chi connectivity index (χ4n) is 0.274. The molecule has 0 fully saturated rings. The van der Waals surface area contributed by atoms with Gasteiger partial charge in [0.15, 0.2) is 0 Å². The van der Waals surface area contributed by atoms with Gasteiger partial charge in [0.25, 0.3) is 0 Å². The van der Waals surface area contributed by atoms with E-state index in [1.165, 1.54) is 13.1 Å². The summed E-state index contributed by atoms with van der Waals surface area (Å²) in [5.74, 6) is 0. The topological polar surface area (TPSA) is 79.2 Å². The van der Waals surface area contributed by atoms with Gasteiger partial charge in [-0.1, -0.05) is 0 Å². The highest BCUT2D eigenvalue weighted by atomic mass is 28.4. The van der Waals surface area contributed by atoms with Crippen molar-refractivity contribution >= 4 is 28.1 Å². The Kier molecular flexibility index (Phi) is 5.38. The average Bonchev–Trinajstić information content (AvgIpc) is 1.58. The monoisotopic (exact) mass is 197 g/mol. The lowest BCUT2D eigenvalue weighted by atomic mass is 11.9. The van der Waals surface area contributed by atoms with Crippen LogP contribution in [0.3, 0.4) is 0 Å². The molecule has 0 bridgehead atoms. The van der Waals surface area contributed by atoms with Crippen LogP contribution in [0.5, 0.6) is 0 Å². The van der Waals surface area contributed by atoms with Crippen molar-refractivity contribution in [3.8, 4) is 0 Å². The van der Waals surface area contributed by atoms with Gasteiger partial charge in [-0.15, -0.1) is 0 Å². The maximum atomic E-state index is 8.78. The number of rotatable bonds is 4. The third-order valence-corrected chi connectivity index (χ3v) is 4.23. The molecule has 0 saturated heterocycles. The molecule has 0 aromatic rings. The summed E-state index contributed by atoms with van der Waals surface area (Å²) < 4.78 is 9.04. The normalized spacial score (nSPS) is 12.0. The summed E-state index contributed by atoms with van der Waals surface area (Å²) in [6.45, 7) is 2.91. The molecule has 0 heterocycles. The minimum absolute atomic E-state index is 1.45. The van der Waals surface area contributed by atoms with Gasteiger partial charge in [-0.25, -0.2) is 0 Å². The smallest absolute Gasteiger partial charge is 0.410 e. The Morgan fingerprint density at radius 2 is 1.20 bits per heavy atom. The molecular weight excluding hydrogens is 188 g/mol. The summed E-state index contributed by atoms with van der Waals surface area (Å²) in [5, 5.41) is 0. The second kappa shape index (κ2) is 5.15. The van der Waals surface area contributed by atoms with Gasteiger partial charge in [-0.2, -0.15) is 0 Å². The molecule has 3 N–H and O–H groups in total. The van der Waals surface area contributed by atoms with Crippen molar-refractivity contribution in [1.29, 1.82) is 0 Å². The molecular formula is C2H9O5Si3. The van der Waals surface area contributed by atoms with Crippen LogP contribution in [-0.4, -0.2) is 42.5 Å². The molecule has 0 amide bonds. The first kappa shape index (κ1) is 10.5. The van der Waals surface area contributed by atoms with Crippen LogP contribution in [0, 0.1) is 0 Å². The SMILES string of the molecule is C[Si](O)O[Si](O)O[Si](C)O. The molecule has 5 nitrogen and oxygen atoms in total. The van der Waals surface area contributed by atoms with Crippen LogP contribution in [-0.2, 0) is 8.23 Å². The van der Waals surface area contributed by atoms with E-state index in [1.807, 2.05) is 0 Å². The molecule has 8 heteroatoms. The van der Waals surface area contributed by atoms with Crippen LogP contribution in [0.15, 0.2) is 0 Å². The van der Waals surface area contributed by atoms with Crippen LogP contribution in [0.4, 0.5) is 0 Å². The molecule has 3 radical (unpaired) electrons. The average molecular weight is 197 g/mol. The lowest BCUT2D eigenvalue weighted by molar-refractivity contribution is 0.255. The molecule has 0 aliphatic rings. The Hall–Kier alpha value is 0.451. The highest BCUT2D eigenvalue weighted by molar-refractivity contribution is 6.59. The summed E-state index contributed by atoms with van der Waals surface area (Å²) in [7, 11) is -6.20. The van der Waals surface area contributed by atoms with Gasteiger partial charge in [0, 0.05) is 0 Å². The van der Waals surface area contributed by atoms with Crippen molar-refractivity contribution in [1.82, 2.24) is 0 Å². The minimum Gasteiger partial charge on any atom is -0.410 e. The zero-order valence-electron chi connectivity index (χ0n) is 5.66. The summed E-state index contributed by atoms with van der Waals surface area (Å²) in [4.78, 5) is 26.0. The first-order valence-corrected chi connectivity index (χ1v) is 7.46. The Balaban J connectivity index is 3.34. The van der Waals surface area contributed by atoms with Crippen molar-refractivity contribution in [2.24, 2.45) is 0 Å². The lowest BCUT2D eigenvalue weighted by Crippen LogP contribution is -2.34. The summed E-state index contributed by atoms with van der Waals surface area (Å²) >= 11 is 0. The highest BCUT2D eigenvalue weighted by Crippen LogP contribution is 1.88. The molecule has 0 aliphatic carbocycles. The van der Waals surface area contributed by atoms with E-state index >= 15 is 0 Å². The lowest BCUT2D eigenvalue weighted by Gasteiger charge is -2.09. The third-order valence-electron chi connectivity index (χ3n) is 0.470. The van der Waals surface area contributed by atoms with Crippen LogP contribution >= 0.6 is 0 Å². The van der Waals surface area contributed by atoms with Crippen LogP contribution < -0.4 is 0 Å². The van der Waals surface area contributed by atoms with Gasteiger partial charge in [0.05, 0.1) is 0 Å². The maximum absolute atomic E-state index is 8.78. The second-order valence-corrected chi connectivity index (χ2v) is 5.75. The van der Waals surface area contributed by atoms with Gasteiger partial charge in [-0.3, -0.25) is 0 Å². The van der Waals surface area contributed by atoms with Crippen molar-refractivity contribution < 1.29 is 22.6 Å². The fraction of sp³-hybridized carbons (Fsp3) is 1.00. The molecule has 0 aliphatic heterocycles. The zero-order valence-corrected chi connectivity index (χ0v) is 8.66. The first-order valence-electron chi connectivity index (χ1n) is 2.49. The molecule has 0 aromatic carbocycles. The van der Waals surface area contributed by atoms with E-state index in [1.54, 1.807) is 0 Å². The summed E-state index contributed by atoms with van der Waals surface area (Å²) in [6.07, 6.45) is 0. The molecule has 0 spiro atoms. The molecule has 0 atom stereocenters. The van der Waals surface area contributed by atoms with E-state index in [0.29, 0.717) is 0 Å². The number of hydrogen-bond donors (Lipinski definition) is 3.